The smallest absolute Gasteiger partial charge is 0.317 e. The van der Waals surface area contributed by atoms with E-state index in [1.54, 1.807) is 4.90 Å². The molecule has 0 aliphatic carbocycles. The average Bonchev–Trinajstić information content (AvgIpc) is 2.54. The monoisotopic (exact) mass is 387 g/mol. The Bertz CT molecular complexity index is 674. The number of benzene rings is 1. The van der Waals surface area contributed by atoms with E-state index in [2.05, 4.69) is 10.6 Å². The van der Waals surface area contributed by atoms with Crippen LogP contribution in [0.15, 0.2) is 12.1 Å². The summed E-state index contributed by atoms with van der Waals surface area (Å²) in [5.74, 6) is -0.723. The molecule has 0 atom stereocenters. The molecule has 3 rings (SSSR count). The number of carbonyl (C=O) groups excluding carboxylic acids is 2. The molecule has 2 saturated heterocycles. The Morgan fingerprint density at radius 2 is 1.80 bits per heavy atom. The molecular formula is C16H19Cl2N3O4. The number of likely N-dealkylation sites (tertiary alicyclic amines) is 1. The molecular weight excluding hydrogens is 369 g/mol. The van der Waals surface area contributed by atoms with Gasteiger partial charge in [-0.25, -0.2) is 4.79 Å². The molecule has 0 aromatic heterocycles. The standard InChI is InChI=1S/C16H19Cl2N3O4/c17-9-5-12(14(22)13(18)6-9)15(23)19-10-1-3-21(4-2-10)16(24)20-11-7-25-8-11/h5-6,10-11,22H,1-4,7-8H2,(H,19,23)(H,20,24). The fourth-order valence-corrected chi connectivity index (χ4v) is 3.31. The van der Waals surface area contributed by atoms with E-state index in [4.69, 9.17) is 27.9 Å². The highest BCUT2D eigenvalue weighted by Gasteiger charge is 2.28. The second-order valence-corrected chi connectivity index (χ2v) is 7.05. The molecule has 2 aliphatic rings. The number of nitrogens with one attached hydrogen (secondary N) is 2. The minimum Gasteiger partial charge on any atom is -0.506 e. The lowest BCUT2D eigenvalue weighted by Gasteiger charge is -2.35. The van der Waals surface area contributed by atoms with E-state index >= 15 is 0 Å². The Hall–Kier alpha value is -1.70. The lowest BCUT2D eigenvalue weighted by atomic mass is 10.0. The maximum absolute atomic E-state index is 12.4. The third-order valence-electron chi connectivity index (χ3n) is 4.36. The molecule has 2 fully saturated rings. The molecule has 7 nitrogen and oxygen atoms in total. The first kappa shape index (κ1) is 18.1. The fourth-order valence-electron chi connectivity index (χ4n) is 2.81. The summed E-state index contributed by atoms with van der Waals surface area (Å²) < 4.78 is 5.03. The molecule has 0 saturated carbocycles. The summed E-state index contributed by atoms with van der Waals surface area (Å²) in [6.07, 6.45) is 1.27. The first-order valence-electron chi connectivity index (χ1n) is 8.06. The van der Waals surface area contributed by atoms with Crippen molar-refractivity contribution in [3.05, 3.63) is 27.7 Å². The second-order valence-electron chi connectivity index (χ2n) is 6.20. The van der Waals surface area contributed by atoms with Crippen LogP contribution in [0.3, 0.4) is 0 Å². The summed E-state index contributed by atoms with van der Waals surface area (Å²) >= 11 is 11.7. The largest absolute Gasteiger partial charge is 0.506 e. The Balaban J connectivity index is 1.52. The van der Waals surface area contributed by atoms with Gasteiger partial charge in [0.1, 0.15) is 5.75 Å². The van der Waals surface area contributed by atoms with E-state index in [1.165, 1.54) is 12.1 Å². The van der Waals surface area contributed by atoms with Crippen molar-refractivity contribution < 1.29 is 19.4 Å². The zero-order valence-electron chi connectivity index (χ0n) is 13.4. The average molecular weight is 388 g/mol. The van der Waals surface area contributed by atoms with Crippen molar-refractivity contribution in [2.24, 2.45) is 0 Å². The highest BCUT2D eigenvalue weighted by atomic mass is 35.5. The van der Waals surface area contributed by atoms with Gasteiger partial charge >= 0.3 is 6.03 Å². The van der Waals surface area contributed by atoms with Gasteiger partial charge in [-0.05, 0) is 25.0 Å². The number of urea groups is 1. The lowest BCUT2D eigenvalue weighted by Crippen LogP contribution is -2.55. The van der Waals surface area contributed by atoms with Crippen LogP contribution in [0.1, 0.15) is 23.2 Å². The number of amides is 3. The molecule has 9 heteroatoms. The van der Waals surface area contributed by atoms with E-state index in [1.807, 2.05) is 0 Å². The molecule has 2 heterocycles. The van der Waals surface area contributed by atoms with Gasteiger partial charge < -0.3 is 25.4 Å². The molecule has 136 valence electrons. The van der Waals surface area contributed by atoms with Gasteiger partial charge in [-0.2, -0.15) is 0 Å². The van der Waals surface area contributed by atoms with Crippen molar-refractivity contribution in [3.8, 4) is 5.75 Å². The topological polar surface area (TPSA) is 90.9 Å². The number of nitrogens with zero attached hydrogens (tertiary/aromatic N) is 1. The third-order valence-corrected chi connectivity index (χ3v) is 4.86. The minimum absolute atomic E-state index is 0.0316. The maximum atomic E-state index is 12.4. The summed E-state index contributed by atoms with van der Waals surface area (Å²) in [5.41, 5.74) is 0.0441. The SMILES string of the molecule is O=C(NC1CCN(C(=O)NC2COC2)CC1)c1cc(Cl)cc(Cl)c1O. The predicted molar refractivity (Wildman–Crippen MR) is 93.3 cm³/mol. The van der Waals surface area contributed by atoms with E-state index in [0.29, 0.717) is 39.1 Å². The zero-order valence-corrected chi connectivity index (χ0v) is 14.9. The Morgan fingerprint density at radius 3 is 2.40 bits per heavy atom. The lowest BCUT2D eigenvalue weighted by molar-refractivity contribution is -0.00243. The van der Waals surface area contributed by atoms with Gasteiger partial charge in [0.25, 0.3) is 5.91 Å². The van der Waals surface area contributed by atoms with Crippen LogP contribution in [-0.2, 0) is 4.74 Å². The van der Waals surface area contributed by atoms with E-state index in [-0.39, 0.29) is 39.5 Å². The Labute approximate surface area is 155 Å². The second kappa shape index (κ2) is 7.68. The molecule has 2 aliphatic heterocycles. The van der Waals surface area contributed by atoms with Crippen molar-refractivity contribution >= 4 is 35.1 Å². The molecule has 3 N–H and O–H groups in total. The van der Waals surface area contributed by atoms with Gasteiger partial charge in [-0.3, -0.25) is 4.79 Å². The first-order valence-corrected chi connectivity index (χ1v) is 8.81. The number of hydrogen-bond donors (Lipinski definition) is 3. The van der Waals surface area contributed by atoms with Gasteiger partial charge in [0, 0.05) is 24.2 Å². The molecule has 25 heavy (non-hydrogen) atoms. The van der Waals surface area contributed by atoms with Crippen molar-refractivity contribution in [1.82, 2.24) is 15.5 Å². The minimum atomic E-state index is -0.434. The number of halogens is 2. The van der Waals surface area contributed by atoms with E-state index in [0.717, 1.165) is 0 Å². The summed E-state index contributed by atoms with van der Waals surface area (Å²) in [4.78, 5) is 26.2. The normalized spacial score (nSPS) is 18.6. The highest BCUT2D eigenvalue weighted by Crippen LogP contribution is 2.31. The van der Waals surface area contributed by atoms with Crippen LogP contribution in [-0.4, -0.2) is 60.3 Å². The van der Waals surface area contributed by atoms with Crippen LogP contribution in [0.5, 0.6) is 5.75 Å². The molecule has 0 radical (unpaired) electrons. The van der Waals surface area contributed by atoms with E-state index in [9.17, 15) is 14.7 Å². The van der Waals surface area contributed by atoms with Crippen LogP contribution < -0.4 is 10.6 Å². The fraction of sp³-hybridized carbons (Fsp3) is 0.500. The number of carbonyl (C=O) groups is 2. The summed E-state index contributed by atoms with van der Waals surface area (Å²) in [6.45, 7) is 2.22. The molecule has 1 aromatic rings. The highest BCUT2D eigenvalue weighted by molar-refractivity contribution is 6.36. The number of rotatable bonds is 3. The molecule has 3 amide bonds. The Kier molecular flexibility index (Phi) is 5.56. The number of aromatic hydroxyl groups is 1. The summed E-state index contributed by atoms with van der Waals surface area (Å²) in [6, 6.07) is 2.67. The zero-order chi connectivity index (χ0) is 18.0. The number of hydrogen-bond acceptors (Lipinski definition) is 4. The number of piperidine rings is 1. The summed E-state index contributed by atoms with van der Waals surface area (Å²) in [5, 5.41) is 16.0. The van der Waals surface area contributed by atoms with Crippen molar-refractivity contribution in [2.45, 2.75) is 24.9 Å². The van der Waals surface area contributed by atoms with Crippen LogP contribution in [0.25, 0.3) is 0 Å². The van der Waals surface area contributed by atoms with Crippen LogP contribution in [0, 0.1) is 0 Å². The van der Waals surface area contributed by atoms with E-state index < -0.39 is 5.91 Å². The van der Waals surface area contributed by atoms with Crippen LogP contribution >= 0.6 is 23.2 Å². The number of ether oxygens (including phenoxy) is 1. The number of phenols is 1. The van der Waals surface area contributed by atoms with Gasteiger partial charge in [0.05, 0.1) is 29.8 Å². The summed E-state index contributed by atoms with van der Waals surface area (Å²) in [7, 11) is 0. The number of phenolic OH excluding ortho intramolecular Hbond substituents is 1. The van der Waals surface area contributed by atoms with Gasteiger partial charge in [0.2, 0.25) is 0 Å². The van der Waals surface area contributed by atoms with Crippen molar-refractivity contribution in [1.29, 1.82) is 0 Å². The molecule has 0 spiro atoms. The quantitative estimate of drug-likeness (QED) is 0.739. The molecule has 0 bridgehead atoms. The van der Waals surface area contributed by atoms with Gasteiger partial charge in [-0.15, -0.1) is 0 Å². The van der Waals surface area contributed by atoms with Crippen molar-refractivity contribution in [3.63, 3.8) is 0 Å². The first-order chi connectivity index (χ1) is 11.9. The van der Waals surface area contributed by atoms with Crippen LogP contribution in [0.2, 0.25) is 10.0 Å². The maximum Gasteiger partial charge on any atom is 0.317 e. The predicted octanol–water partition coefficient (Wildman–Crippen LogP) is 2.00. The van der Waals surface area contributed by atoms with Gasteiger partial charge in [-0.1, -0.05) is 23.2 Å². The third kappa shape index (κ3) is 4.29. The molecule has 1 aromatic carbocycles. The molecule has 0 unspecified atom stereocenters. The van der Waals surface area contributed by atoms with Crippen molar-refractivity contribution in [2.75, 3.05) is 26.3 Å². The van der Waals surface area contributed by atoms with Crippen LogP contribution in [0.4, 0.5) is 4.79 Å². The Morgan fingerprint density at radius 1 is 1.12 bits per heavy atom. The van der Waals surface area contributed by atoms with Gasteiger partial charge in [0.15, 0.2) is 0 Å².